The predicted octanol–water partition coefficient (Wildman–Crippen LogP) is 0.829. The monoisotopic (exact) mass is 269 g/mol. The number of hydrogen-bond donors (Lipinski definition) is 1. The van der Waals surface area contributed by atoms with E-state index in [1.54, 1.807) is 18.9 Å². The molecule has 5 heteroatoms. The number of carbonyl (C=O) groups is 2. The Hall–Kier alpha value is -1.10. The first-order valence-corrected chi connectivity index (χ1v) is 7.12. The molecule has 2 amide bonds. The standard InChI is InChI=1S/C14H27N3O2/c1-10(2)13(15)14(19)17-8-6-5-7-12(17)9-16(4)11(3)18/h10,12-13H,5-9,15H2,1-4H3/t12?,13-/m0/s1. The molecule has 1 saturated heterocycles. The Balaban J connectivity index is 2.72. The van der Waals surface area contributed by atoms with Gasteiger partial charge in [0.2, 0.25) is 11.8 Å². The van der Waals surface area contributed by atoms with Crippen LogP contribution in [-0.4, -0.2) is 53.8 Å². The van der Waals surface area contributed by atoms with E-state index in [0.29, 0.717) is 6.54 Å². The Bertz CT molecular complexity index is 331. The smallest absolute Gasteiger partial charge is 0.240 e. The van der Waals surface area contributed by atoms with Crippen LogP contribution >= 0.6 is 0 Å². The molecule has 0 aliphatic carbocycles. The minimum Gasteiger partial charge on any atom is -0.344 e. The molecule has 0 bridgehead atoms. The summed E-state index contributed by atoms with van der Waals surface area (Å²) >= 11 is 0. The van der Waals surface area contributed by atoms with Gasteiger partial charge in [-0.15, -0.1) is 0 Å². The molecule has 1 unspecified atom stereocenters. The molecule has 0 aromatic carbocycles. The highest BCUT2D eigenvalue weighted by Gasteiger charge is 2.31. The van der Waals surface area contributed by atoms with Gasteiger partial charge in [0.05, 0.1) is 6.04 Å². The lowest BCUT2D eigenvalue weighted by atomic mass is 9.97. The van der Waals surface area contributed by atoms with Crippen LogP contribution < -0.4 is 5.73 Å². The maximum atomic E-state index is 12.4. The minimum atomic E-state index is -0.441. The number of rotatable bonds is 4. The fourth-order valence-corrected chi connectivity index (χ4v) is 2.40. The molecule has 1 aliphatic rings. The topological polar surface area (TPSA) is 66.6 Å². The van der Waals surface area contributed by atoms with E-state index < -0.39 is 6.04 Å². The van der Waals surface area contributed by atoms with Gasteiger partial charge in [0, 0.05) is 33.1 Å². The summed E-state index contributed by atoms with van der Waals surface area (Å²) in [5.41, 5.74) is 5.97. The molecular weight excluding hydrogens is 242 g/mol. The van der Waals surface area contributed by atoms with Crippen molar-refractivity contribution in [1.29, 1.82) is 0 Å². The molecule has 19 heavy (non-hydrogen) atoms. The Morgan fingerprint density at radius 3 is 2.53 bits per heavy atom. The van der Waals surface area contributed by atoms with Crippen LogP contribution in [0.15, 0.2) is 0 Å². The second kappa shape index (κ2) is 6.89. The lowest BCUT2D eigenvalue weighted by molar-refractivity contribution is -0.139. The zero-order chi connectivity index (χ0) is 14.6. The van der Waals surface area contributed by atoms with Crippen molar-refractivity contribution in [2.45, 2.75) is 52.1 Å². The van der Waals surface area contributed by atoms with Crippen LogP contribution in [0.1, 0.15) is 40.0 Å². The highest BCUT2D eigenvalue weighted by molar-refractivity contribution is 5.82. The first kappa shape index (κ1) is 16.0. The van der Waals surface area contributed by atoms with E-state index in [1.165, 1.54) is 0 Å². The van der Waals surface area contributed by atoms with E-state index in [4.69, 9.17) is 5.73 Å². The minimum absolute atomic E-state index is 0.0247. The molecule has 1 fully saturated rings. The van der Waals surface area contributed by atoms with Gasteiger partial charge >= 0.3 is 0 Å². The molecule has 1 aliphatic heterocycles. The first-order valence-electron chi connectivity index (χ1n) is 7.12. The molecule has 2 atom stereocenters. The molecule has 1 rings (SSSR count). The Morgan fingerprint density at radius 1 is 1.37 bits per heavy atom. The van der Waals surface area contributed by atoms with Crippen molar-refractivity contribution < 1.29 is 9.59 Å². The third kappa shape index (κ3) is 4.20. The molecule has 0 saturated carbocycles. The number of hydrogen-bond acceptors (Lipinski definition) is 3. The van der Waals surface area contributed by atoms with Crippen molar-refractivity contribution >= 4 is 11.8 Å². The summed E-state index contributed by atoms with van der Waals surface area (Å²) in [6, 6.07) is -0.330. The van der Waals surface area contributed by atoms with E-state index in [2.05, 4.69) is 0 Å². The van der Waals surface area contributed by atoms with Crippen LogP contribution in [0.3, 0.4) is 0 Å². The highest BCUT2D eigenvalue weighted by Crippen LogP contribution is 2.19. The van der Waals surface area contributed by atoms with Crippen molar-refractivity contribution in [2.24, 2.45) is 11.7 Å². The van der Waals surface area contributed by atoms with Crippen LogP contribution in [0.2, 0.25) is 0 Å². The summed E-state index contributed by atoms with van der Waals surface area (Å²) in [5.74, 6) is 0.198. The molecule has 5 nitrogen and oxygen atoms in total. The SMILES string of the molecule is CC(=O)N(C)CC1CCCCN1C(=O)[C@@H](N)C(C)C. The Labute approximate surface area is 116 Å². The van der Waals surface area contributed by atoms with Crippen LogP contribution in [0.4, 0.5) is 0 Å². The lowest BCUT2D eigenvalue weighted by Gasteiger charge is -2.39. The summed E-state index contributed by atoms with van der Waals surface area (Å²) < 4.78 is 0. The van der Waals surface area contributed by atoms with Gasteiger partial charge in [-0.1, -0.05) is 13.8 Å². The third-order valence-electron chi connectivity index (χ3n) is 3.94. The highest BCUT2D eigenvalue weighted by atomic mass is 16.2. The van der Waals surface area contributed by atoms with E-state index in [1.807, 2.05) is 18.7 Å². The van der Waals surface area contributed by atoms with Gasteiger partial charge in [-0.3, -0.25) is 9.59 Å². The van der Waals surface area contributed by atoms with Gasteiger partial charge in [0.1, 0.15) is 0 Å². The summed E-state index contributed by atoms with van der Waals surface area (Å²) in [6.07, 6.45) is 3.09. The summed E-state index contributed by atoms with van der Waals surface area (Å²) in [5, 5.41) is 0. The van der Waals surface area contributed by atoms with Gasteiger partial charge in [-0.25, -0.2) is 0 Å². The van der Waals surface area contributed by atoms with Crippen molar-refractivity contribution in [2.75, 3.05) is 20.1 Å². The molecule has 2 N–H and O–H groups in total. The molecule has 1 heterocycles. The lowest BCUT2D eigenvalue weighted by Crippen LogP contribution is -2.55. The summed E-state index contributed by atoms with van der Waals surface area (Å²) in [4.78, 5) is 27.3. The molecule has 0 aromatic heterocycles. The molecule has 0 spiro atoms. The first-order chi connectivity index (χ1) is 8.84. The Kier molecular flexibility index (Phi) is 5.79. The fourth-order valence-electron chi connectivity index (χ4n) is 2.40. The van der Waals surface area contributed by atoms with Crippen molar-refractivity contribution in [3.05, 3.63) is 0 Å². The normalized spacial score (nSPS) is 21.4. The van der Waals surface area contributed by atoms with Crippen LogP contribution in [-0.2, 0) is 9.59 Å². The number of amides is 2. The Morgan fingerprint density at radius 2 is 2.00 bits per heavy atom. The number of likely N-dealkylation sites (tertiary alicyclic amines) is 1. The van der Waals surface area contributed by atoms with E-state index in [-0.39, 0.29) is 23.8 Å². The van der Waals surface area contributed by atoms with Gasteiger partial charge in [0.15, 0.2) is 0 Å². The van der Waals surface area contributed by atoms with Gasteiger partial charge in [0.25, 0.3) is 0 Å². The van der Waals surface area contributed by atoms with Crippen molar-refractivity contribution in [1.82, 2.24) is 9.80 Å². The number of piperidine rings is 1. The zero-order valence-electron chi connectivity index (χ0n) is 12.6. The number of carbonyl (C=O) groups excluding carboxylic acids is 2. The number of nitrogens with two attached hydrogens (primary N) is 1. The second-order valence-corrected chi connectivity index (χ2v) is 5.85. The number of likely N-dealkylation sites (N-methyl/N-ethyl adjacent to an activating group) is 1. The van der Waals surface area contributed by atoms with E-state index >= 15 is 0 Å². The molecular formula is C14H27N3O2. The predicted molar refractivity (Wildman–Crippen MR) is 75.5 cm³/mol. The second-order valence-electron chi connectivity index (χ2n) is 5.85. The van der Waals surface area contributed by atoms with E-state index in [9.17, 15) is 9.59 Å². The maximum absolute atomic E-state index is 12.4. The molecule has 0 aromatic rings. The average Bonchev–Trinajstić information content (AvgIpc) is 2.37. The van der Waals surface area contributed by atoms with Crippen LogP contribution in [0, 0.1) is 5.92 Å². The molecule has 0 radical (unpaired) electrons. The van der Waals surface area contributed by atoms with Crippen LogP contribution in [0.25, 0.3) is 0 Å². The van der Waals surface area contributed by atoms with Crippen molar-refractivity contribution in [3.63, 3.8) is 0 Å². The van der Waals surface area contributed by atoms with Gasteiger partial charge < -0.3 is 15.5 Å². The van der Waals surface area contributed by atoms with Gasteiger partial charge in [-0.2, -0.15) is 0 Å². The van der Waals surface area contributed by atoms with E-state index in [0.717, 1.165) is 25.8 Å². The molecule has 110 valence electrons. The summed E-state index contributed by atoms with van der Waals surface area (Å²) in [6.45, 7) is 6.84. The third-order valence-corrected chi connectivity index (χ3v) is 3.94. The van der Waals surface area contributed by atoms with Crippen molar-refractivity contribution in [3.8, 4) is 0 Å². The average molecular weight is 269 g/mol. The largest absolute Gasteiger partial charge is 0.344 e. The fraction of sp³-hybridized carbons (Fsp3) is 0.857. The van der Waals surface area contributed by atoms with Gasteiger partial charge in [-0.05, 0) is 25.2 Å². The maximum Gasteiger partial charge on any atom is 0.240 e. The quantitative estimate of drug-likeness (QED) is 0.822. The number of nitrogens with zero attached hydrogens (tertiary/aromatic N) is 2. The summed E-state index contributed by atoms with van der Waals surface area (Å²) in [7, 11) is 1.78. The zero-order valence-corrected chi connectivity index (χ0v) is 12.6. The van der Waals surface area contributed by atoms with Crippen LogP contribution in [0.5, 0.6) is 0 Å².